The summed E-state index contributed by atoms with van der Waals surface area (Å²) >= 11 is 0. The van der Waals surface area contributed by atoms with Crippen molar-refractivity contribution in [1.82, 2.24) is 4.90 Å². The minimum Gasteiger partial charge on any atom is -0.395 e. The maximum atomic E-state index is 9.82. The van der Waals surface area contributed by atoms with Crippen LogP contribution in [0.1, 0.15) is 18.9 Å². The number of aliphatic hydroxyl groups is 1. The standard InChI is InChI=1S/C16H25NO2/c1-16(13-18,15-6-4-3-5-7-15)12-17-9-8-14(10-17)11-19-2/h3-7,14,18H,8-13H2,1-2H3. The molecule has 106 valence electrons. The van der Waals surface area contributed by atoms with E-state index in [0.717, 1.165) is 26.2 Å². The van der Waals surface area contributed by atoms with Crippen LogP contribution < -0.4 is 0 Å². The topological polar surface area (TPSA) is 32.7 Å². The van der Waals surface area contributed by atoms with Gasteiger partial charge in [0.15, 0.2) is 0 Å². The number of rotatable bonds is 6. The van der Waals surface area contributed by atoms with Crippen molar-refractivity contribution >= 4 is 0 Å². The fourth-order valence-electron chi connectivity index (χ4n) is 2.99. The van der Waals surface area contributed by atoms with Crippen LogP contribution in [0.5, 0.6) is 0 Å². The summed E-state index contributed by atoms with van der Waals surface area (Å²) in [6.07, 6.45) is 1.20. The fraction of sp³-hybridized carbons (Fsp3) is 0.625. The molecule has 1 aromatic carbocycles. The molecule has 1 fully saturated rings. The summed E-state index contributed by atoms with van der Waals surface area (Å²) in [7, 11) is 1.77. The third-order valence-corrected chi connectivity index (χ3v) is 4.16. The summed E-state index contributed by atoms with van der Waals surface area (Å²) < 4.78 is 5.24. The minimum absolute atomic E-state index is 0.177. The normalized spacial score (nSPS) is 23.4. The summed E-state index contributed by atoms with van der Waals surface area (Å²) in [6.45, 7) is 6.27. The molecule has 3 nitrogen and oxygen atoms in total. The van der Waals surface area contributed by atoms with Gasteiger partial charge >= 0.3 is 0 Å². The van der Waals surface area contributed by atoms with Gasteiger partial charge in [-0.15, -0.1) is 0 Å². The predicted molar refractivity (Wildman–Crippen MR) is 77.3 cm³/mol. The van der Waals surface area contributed by atoms with Gasteiger partial charge in [0.25, 0.3) is 0 Å². The first-order valence-electron chi connectivity index (χ1n) is 7.05. The van der Waals surface area contributed by atoms with E-state index >= 15 is 0 Å². The van der Waals surface area contributed by atoms with Gasteiger partial charge in [-0.1, -0.05) is 37.3 Å². The van der Waals surface area contributed by atoms with Gasteiger partial charge in [-0.2, -0.15) is 0 Å². The zero-order valence-electron chi connectivity index (χ0n) is 12.0. The van der Waals surface area contributed by atoms with Crippen molar-refractivity contribution in [2.24, 2.45) is 5.92 Å². The summed E-state index contributed by atoms with van der Waals surface area (Å²) in [5, 5.41) is 9.82. The van der Waals surface area contributed by atoms with Crippen molar-refractivity contribution in [2.75, 3.05) is 40.0 Å². The van der Waals surface area contributed by atoms with Gasteiger partial charge in [0.2, 0.25) is 0 Å². The lowest BCUT2D eigenvalue weighted by Crippen LogP contribution is -2.40. The molecule has 1 N–H and O–H groups in total. The van der Waals surface area contributed by atoms with Crippen LogP contribution in [0, 0.1) is 5.92 Å². The Bertz CT molecular complexity index is 382. The van der Waals surface area contributed by atoms with Crippen molar-refractivity contribution in [2.45, 2.75) is 18.8 Å². The highest BCUT2D eigenvalue weighted by Crippen LogP contribution is 2.27. The SMILES string of the molecule is COCC1CCN(CC(C)(CO)c2ccccc2)C1. The zero-order valence-corrected chi connectivity index (χ0v) is 12.0. The number of hydrogen-bond acceptors (Lipinski definition) is 3. The molecule has 0 spiro atoms. The van der Waals surface area contributed by atoms with E-state index in [1.807, 2.05) is 18.2 Å². The van der Waals surface area contributed by atoms with Crippen molar-refractivity contribution < 1.29 is 9.84 Å². The molecule has 1 aliphatic heterocycles. The third kappa shape index (κ3) is 3.56. The van der Waals surface area contributed by atoms with Gasteiger partial charge in [-0.3, -0.25) is 0 Å². The van der Waals surface area contributed by atoms with E-state index in [2.05, 4.69) is 24.0 Å². The number of ether oxygens (including phenoxy) is 1. The van der Waals surface area contributed by atoms with Crippen LogP contribution in [-0.2, 0) is 10.2 Å². The molecular weight excluding hydrogens is 238 g/mol. The summed E-state index contributed by atoms with van der Waals surface area (Å²) in [5.74, 6) is 0.642. The second kappa shape index (κ2) is 6.51. The molecule has 2 unspecified atom stereocenters. The maximum Gasteiger partial charge on any atom is 0.0537 e. The summed E-state index contributed by atoms with van der Waals surface area (Å²) in [4.78, 5) is 2.45. The van der Waals surface area contributed by atoms with Gasteiger partial charge in [0.1, 0.15) is 0 Å². The van der Waals surface area contributed by atoms with Crippen molar-refractivity contribution in [3.63, 3.8) is 0 Å². The van der Waals surface area contributed by atoms with Gasteiger partial charge in [-0.05, 0) is 24.4 Å². The van der Waals surface area contributed by atoms with Gasteiger partial charge in [0.05, 0.1) is 13.2 Å². The van der Waals surface area contributed by atoms with Crippen LogP contribution in [-0.4, -0.2) is 50.0 Å². The van der Waals surface area contributed by atoms with Gasteiger partial charge in [-0.25, -0.2) is 0 Å². The van der Waals surface area contributed by atoms with Crippen LogP contribution in [0.15, 0.2) is 30.3 Å². The largest absolute Gasteiger partial charge is 0.395 e. The lowest BCUT2D eigenvalue weighted by molar-refractivity contribution is 0.136. The summed E-state index contributed by atoms with van der Waals surface area (Å²) in [5.41, 5.74) is 1.04. The third-order valence-electron chi connectivity index (χ3n) is 4.16. The Hall–Kier alpha value is -0.900. The Morgan fingerprint density at radius 3 is 2.74 bits per heavy atom. The molecular formula is C16H25NO2. The van der Waals surface area contributed by atoms with Crippen LogP contribution in [0.3, 0.4) is 0 Å². The average molecular weight is 263 g/mol. The van der Waals surface area contributed by atoms with E-state index < -0.39 is 0 Å². The molecule has 2 rings (SSSR count). The van der Waals surface area contributed by atoms with E-state index in [0.29, 0.717) is 5.92 Å². The number of methoxy groups -OCH3 is 1. The van der Waals surface area contributed by atoms with E-state index in [9.17, 15) is 5.11 Å². The van der Waals surface area contributed by atoms with E-state index in [-0.39, 0.29) is 12.0 Å². The van der Waals surface area contributed by atoms with Gasteiger partial charge in [0, 0.05) is 25.6 Å². The summed E-state index contributed by atoms with van der Waals surface area (Å²) in [6, 6.07) is 10.3. The van der Waals surface area contributed by atoms with Crippen LogP contribution >= 0.6 is 0 Å². The smallest absolute Gasteiger partial charge is 0.0537 e. The average Bonchev–Trinajstić information content (AvgIpc) is 2.87. The first kappa shape index (κ1) is 14.5. The highest BCUT2D eigenvalue weighted by Gasteiger charge is 2.32. The lowest BCUT2D eigenvalue weighted by Gasteiger charge is -2.32. The Morgan fingerprint density at radius 1 is 1.37 bits per heavy atom. The number of hydrogen-bond donors (Lipinski definition) is 1. The molecule has 0 aliphatic carbocycles. The number of aliphatic hydroxyl groups excluding tert-OH is 1. The molecule has 3 heteroatoms. The molecule has 2 atom stereocenters. The minimum atomic E-state index is -0.177. The van der Waals surface area contributed by atoms with Crippen LogP contribution in [0.4, 0.5) is 0 Å². The quantitative estimate of drug-likeness (QED) is 0.851. The number of likely N-dealkylation sites (tertiary alicyclic amines) is 1. The lowest BCUT2D eigenvalue weighted by atomic mass is 9.83. The first-order chi connectivity index (χ1) is 9.18. The Kier molecular flexibility index (Phi) is 4.97. The zero-order chi connectivity index (χ0) is 13.7. The van der Waals surface area contributed by atoms with Crippen LogP contribution in [0.25, 0.3) is 0 Å². The number of benzene rings is 1. The fourth-order valence-corrected chi connectivity index (χ4v) is 2.99. The Morgan fingerprint density at radius 2 is 2.11 bits per heavy atom. The second-order valence-electron chi connectivity index (χ2n) is 5.93. The molecule has 0 aromatic heterocycles. The molecule has 0 bridgehead atoms. The molecule has 0 amide bonds. The first-order valence-corrected chi connectivity index (χ1v) is 7.05. The molecule has 0 saturated carbocycles. The number of nitrogens with zero attached hydrogens (tertiary/aromatic N) is 1. The molecule has 19 heavy (non-hydrogen) atoms. The van der Waals surface area contributed by atoms with E-state index in [1.165, 1.54) is 12.0 Å². The van der Waals surface area contributed by atoms with Crippen molar-refractivity contribution in [3.05, 3.63) is 35.9 Å². The van der Waals surface area contributed by atoms with Crippen LogP contribution in [0.2, 0.25) is 0 Å². The highest BCUT2D eigenvalue weighted by molar-refractivity contribution is 5.25. The Balaban J connectivity index is 2.00. The molecule has 1 saturated heterocycles. The van der Waals surface area contributed by atoms with Crippen molar-refractivity contribution in [3.8, 4) is 0 Å². The highest BCUT2D eigenvalue weighted by atomic mass is 16.5. The Labute approximate surface area is 116 Å². The molecule has 1 heterocycles. The predicted octanol–water partition coefficient (Wildman–Crippen LogP) is 1.90. The maximum absolute atomic E-state index is 9.82. The monoisotopic (exact) mass is 263 g/mol. The molecule has 1 aromatic rings. The molecule has 0 radical (unpaired) electrons. The second-order valence-corrected chi connectivity index (χ2v) is 5.93. The van der Waals surface area contributed by atoms with E-state index in [4.69, 9.17) is 4.74 Å². The van der Waals surface area contributed by atoms with Crippen molar-refractivity contribution in [1.29, 1.82) is 0 Å². The molecule has 1 aliphatic rings. The van der Waals surface area contributed by atoms with E-state index in [1.54, 1.807) is 7.11 Å². The van der Waals surface area contributed by atoms with Gasteiger partial charge < -0.3 is 14.7 Å².